The lowest BCUT2D eigenvalue weighted by Crippen LogP contribution is -2.45. The summed E-state index contributed by atoms with van der Waals surface area (Å²) in [6, 6.07) is 6.83. The van der Waals surface area contributed by atoms with Crippen LogP contribution in [0.3, 0.4) is 0 Å². The highest BCUT2D eigenvalue weighted by atomic mass is 19.4. The standard InChI is InChI=1S/C15H19F3N2O3/c1-10-7-20(8-11(2)23-10)13-5-3-12(4-6-13)19-14(21)22-9-15(16,17)18/h3-6,10-11H,7-9H2,1-2H3,(H,19,21)/t10-,11-/m1/s1. The van der Waals surface area contributed by atoms with Gasteiger partial charge in [0.05, 0.1) is 12.2 Å². The fraction of sp³-hybridized carbons (Fsp3) is 0.533. The van der Waals surface area contributed by atoms with Gasteiger partial charge in [-0.05, 0) is 38.1 Å². The van der Waals surface area contributed by atoms with Crippen LogP contribution in [-0.4, -0.2) is 44.2 Å². The lowest BCUT2D eigenvalue weighted by Gasteiger charge is -2.36. The van der Waals surface area contributed by atoms with E-state index in [4.69, 9.17) is 4.74 Å². The lowest BCUT2D eigenvalue weighted by atomic mass is 10.2. The van der Waals surface area contributed by atoms with Gasteiger partial charge in [0.15, 0.2) is 6.61 Å². The number of carbonyl (C=O) groups excluding carboxylic acids is 1. The summed E-state index contributed by atoms with van der Waals surface area (Å²) >= 11 is 0. The molecule has 5 nitrogen and oxygen atoms in total. The first-order chi connectivity index (χ1) is 10.7. The molecule has 0 bridgehead atoms. The van der Waals surface area contributed by atoms with Gasteiger partial charge in [0.2, 0.25) is 0 Å². The van der Waals surface area contributed by atoms with Crippen molar-refractivity contribution in [1.82, 2.24) is 0 Å². The van der Waals surface area contributed by atoms with Crippen molar-refractivity contribution in [3.63, 3.8) is 0 Å². The second kappa shape index (κ2) is 7.08. The summed E-state index contributed by atoms with van der Waals surface area (Å²) in [5.74, 6) is 0. The molecule has 1 N–H and O–H groups in total. The third kappa shape index (κ3) is 5.63. The SMILES string of the molecule is C[C@@H]1CN(c2ccc(NC(=O)OCC(F)(F)F)cc2)C[C@@H](C)O1. The second-order valence-electron chi connectivity index (χ2n) is 5.53. The molecule has 8 heteroatoms. The maximum Gasteiger partial charge on any atom is 0.422 e. The summed E-state index contributed by atoms with van der Waals surface area (Å²) in [5.41, 5.74) is 1.33. The third-order valence-electron chi connectivity index (χ3n) is 3.27. The minimum absolute atomic E-state index is 0.119. The topological polar surface area (TPSA) is 50.8 Å². The van der Waals surface area contributed by atoms with E-state index < -0.39 is 18.9 Å². The van der Waals surface area contributed by atoms with Gasteiger partial charge in [0.25, 0.3) is 0 Å². The highest BCUT2D eigenvalue weighted by molar-refractivity contribution is 5.84. The third-order valence-corrected chi connectivity index (χ3v) is 3.27. The zero-order valence-electron chi connectivity index (χ0n) is 12.9. The Bertz CT molecular complexity index is 524. The number of morpholine rings is 1. The van der Waals surface area contributed by atoms with E-state index in [1.54, 1.807) is 24.3 Å². The van der Waals surface area contributed by atoms with Crippen molar-refractivity contribution >= 4 is 17.5 Å². The molecule has 1 aromatic carbocycles. The van der Waals surface area contributed by atoms with Gasteiger partial charge in [-0.3, -0.25) is 5.32 Å². The molecule has 1 saturated heterocycles. The summed E-state index contributed by atoms with van der Waals surface area (Å²) in [5, 5.41) is 2.26. The van der Waals surface area contributed by atoms with E-state index >= 15 is 0 Å². The minimum Gasteiger partial charge on any atom is -0.440 e. The first-order valence-corrected chi connectivity index (χ1v) is 7.24. The van der Waals surface area contributed by atoms with Crippen LogP contribution in [0.1, 0.15) is 13.8 Å². The van der Waals surface area contributed by atoms with E-state index in [0.717, 1.165) is 18.8 Å². The molecule has 23 heavy (non-hydrogen) atoms. The molecule has 1 amide bonds. The molecule has 1 aliphatic heterocycles. The molecule has 1 fully saturated rings. The van der Waals surface area contributed by atoms with Crippen molar-refractivity contribution in [3.05, 3.63) is 24.3 Å². The lowest BCUT2D eigenvalue weighted by molar-refractivity contribution is -0.159. The van der Waals surface area contributed by atoms with Crippen LogP contribution in [0.2, 0.25) is 0 Å². The molecule has 0 aromatic heterocycles. The van der Waals surface area contributed by atoms with E-state index in [1.807, 2.05) is 13.8 Å². The zero-order chi connectivity index (χ0) is 17.0. The number of hydrogen-bond acceptors (Lipinski definition) is 4. The predicted molar refractivity (Wildman–Crippen MR) is 79.7 cm³/mol. The molecule has 2 rings (SSSR count). The molecule has 2 atom stereocenters. The smallest absolute Gasteiger partial charge is 0.422 e. The Kier molecular flexibility index (Phi) is 5.35. The monoisotopic (exact) mass is 332 g/mol. The van der Waals surface area contributed by atoms with Gasteiger partial charge < -0.3 is 14.4 Å². The van der Waals surface area contributed by atoms with Crippen LogP contribution in [0.25, 0.3) is 0 Å². The van der Waals surface area contributed by atoms with E-state index in [0.29, 0.717) is 5.69 Å². The number of carbonyl (C=O) groups is 1. The first kappa shape index (κ1) is 17.4. The molecule has 1 aliphatic rings. The minimum atomic E-state index is -4.54. The Labute approximate surface area is 132 Å². The molecule has 1 aromatic rings. The Morgan fingerprint density at radius 2 is 1.83 bits per heavy atom. The molecule has 0 radical (unpaired) electrons. The van der Waals surface area contributed by atoms with Crippen molar-refractivity contribution < 1.29 is 27.4 Å². The number of rotatable bonds is 3. The zero-order valence-corrected chi connectivity index (χ0v) is 12.9. The summed E-state index contributed by atoms with van der Waals surface area (Å²) < 4.78 is 45.6. The Hall–Kier alpha value is -1.96. The fourth-order valence-electron chi connectivity index (χ4n) is 2.45. The van der Waals surface area contributed by atoms with Crippen LogP contribution in [0, 0.1) is 0 Å². The predicted octanol–water partition coefficient (Wildman–Crippen LogP) is 3.41. The molecule has 1 heterocycles. The average molecular weight is 332 g/mol. The van der Waals surface area contributed by atoms with Crippen molar-refractivity contribution in [1.29, 1.82) is 0 Å². The average Bonchev–Trinajstić information content (AvgIpc) is 2.44. The van der Waals surface area contributed by atoms with Gasteiger partial charge in [0.1, 0.15) is 0 Å². The highest BCUT2D eigenvalue weighted by Gasteiger charge is 2.29. The molecule has 0 unspecified atom stereocenters. The summed E-state index contributed by atoms with van der Waals surface area (Å²) in [4.78, 5) is 13.4. The maximum atomic E-state index is 12.0. The number of anilines is 2. The molecule has 128 valence electrons. The number of nitrogens with zero attached hydrogens (tertiary/aromatic N) is 1. The van der Waals surface area contributed by atoms with Crippen LogP contribution in [0.15, 0.2) is 24.3 Å². The van der Waals surface area contributed by atoms with Crippen LogP contribution in [-0.2, 0) is 9.47 Å². The van der Waals surface area contributed by atoms with Gasteiger partial charge in [-0.15, -0.1) is 0 Å². The Morgan fingerprint density at radius 1 is 1.26 bits per heavy atom. The van der Waals surface area contributed by atoms with Gasteiger partial charge in [0, 0.05) is 24.5 Å². The van der Waals surface area contributed by atoms with E-state index in [-0.39, 0.29) is 12.2 Å². The van der Waals surface area contributed by atoms with Crippen molar-refractivity contribution in [2.45, 2.75) is 32.2 Å². The number of alkyl halides is 3. The van der Waals surface area contributed by atoms with E-state index in [1.165, 1.54) is 0 Å². The molecule has 0 saturated carbocycles. The number of hydrogen-bond donors (Lipinski definition) is 1. The van der Waals surface area contributed by atoms with Crippen molar-refractivity contribution in [2.75, 3.05) is 29.9 Å². The Balaban J connectivity index is 1.90. The quantitative estimate of drug-likeness (QED) is 0.922. The fourth-order valence-corrected chi connectivity index (χ4v) is 2.45. The molecular formula is C15H19F3N2O3. The largest absolute Gasteiger partial charge is 0.440 e. The van der Waals surface area contributed by atoms with E-state index in [2.05, 4.69) is 15.0 Å². The molecular weight excluding hydrogens is 313 g/mol. The maximum absolute atomic E-state index is 12.0. The first-order valence-electron chi connectivity index (χ1n) is 7.24. The van der Waals surface area contributed by atoms with Crippen LogP contribution >= 0.6 is 0 Å². The molecule has 0 aliphatic carbocycles. The van der Waals surface area contributed by atoms with Crippen LogP contribution < -0.4 is 10.2 Å². The number of ether oxygens (including phenoxy) is 2. The summed E-state index contributed by atoms with van der Waals surface area (Å²) in [6.07, 6.45) is -5.43. The van der Waals surface area contributed by atoms with E-state index in [9.17, 15) is 18.0 Å². The van der Waals surface area contributed by atoms with Crippen LogP contribution in [0.4, 0.5) is 29.3 Å². The Morgan fingerprint density at radius 3 is 2.35 bits per heavy atom. The van der Waals surface area contributed by atoms with Gasteiger partial charge in [-0.1, -0.05) is 0 Å². The van der Waals surface area contributed by atoms with Crippen molar-refractivity contribution in [2.24, 2.45) is 0 Å². The second-order valence-corrected chi connectivity index (χ2v) is 5.53. The van der Waals surface area contributed by atoms with Gasteiger partial charge in [-0.2, -0.15) is 13.2 Å². The highest BCUT2D eigenvalue weighted by Crippen LogP contribution is 2.22. The van der Waals surface area contributed by atoms with Gasteiger partial charge in [-0.25, -0.2) is 4.79 Å². The van der Waals surface area contributed by atoms with Gasteiger partial charge >= 0.3 is 12.3 Å². The number of benzene rings is 1. The normalized spacial score (nSPS) is 21.9. The number of nitrogens with one attached hydrogen (secondary N) is 1. The molecule has 0 spiro atoms. The van der Waals surface area contributed by atoms with Crippen LogP contribution in [0.5, 0.6) is 0 Å². The summed E-state index contributed by atoms with van der Waals surface area (Å²) in [6.45, 7) is 3.89. The summed E-state index contributed by atoms with van der Waals surface area (Å²) in [7, 11) is 0. The number of halogens is 3. The van der Waals surface area contributed by atoms with Crippen molar-refractivity contribution in [3.8, 4) is 0 Å². The number of amides is 1.